The molecule has 0 aliphatic carbocycles. The Kier molecular flexibility index (Phi) is 9.12. The maximum Gasteiger partial charge on any atom is 0.119 e. The van der Waals surface area contributed by atoms with Crippen molar-refractivity contribution in [2.45, 2.75) is 58.8 Å². The van der Waals surface area contributed by atoms with Crippen LogP contribution in [0.25, 0.3) is 0 Å². The van der Waals surface area contributed by atoms with E-state index in [1.54, 1.807) is 18.3 Å². The number of ether oxygens (including phenoxy) is 1. The van der Waals surface area contributed by atoms with Crippen LogP contribution in [0.5, 0.6) is 5.75 Å². The third-order valence-corrected chi connectivity index (χ3v) is 6.18. The Morgan fingerprint density at radius 3 is 2.42 bits per heavy atom. The highest BCUT2D eigenvalue weighted by atomic mass is 32.1. The summed E-state index contributed by atoms with van der Waals surface area (Å²) in [6.45, 7) is 8.45. The molecular weight excluding hydrogens is 430 g/mol. The van der Waals surface area contributed by atoms with E-state index in [9.17, 15) is 9.90 Å². The Labute approximate surface area is 200 Å². The van der Waals surface area contributed by atoms with Crippen LogP contribution < -0.4 is 9.84 Å². The molecule has 1 atom stereocenters. The highest BCUT2D eigenvalue weighted by Crippen LogP contribution is 2.23. The topological polar surface area (TPSA) is 52.6 Å². The molecule has 0 saturated carbocycles. The van der Waals surface area contributed by atoms with E-state index in [4.69, 9.17) is 4.74 Å². The molecule has 0 saturated heterocycles. The van der Waals surface area contributed by atoms with Gasteiger partial charge in [-0.3, -0.25) is 4.90 Å². The third kappa shape index (κ3) is 7.78. The van der Waals surface area contributed by atoms with Crippen molar-refractivity contribution in [1.82, 2.24) is 4.90 Å². The Bertz CT molecular complexity index is 1080. The van der Waals surface area contributed by atoms with Gasteiger partial charge in [-0.1, -0.05) is 42.3 Å². The normalized spacial score (nSPS) is 11.8. The van der Waals surface area contributed by atoms with E-state index in [2.05, 4.69) is 71.7 Å². The fraction of sp³-hybridized carbons (Fsp3) is 0.321. The van der Waals surface area contributed by atoms with Crippen molar-refractivity contribution in [1.29, 1.82) is 0 Å². The molecule has 0 radical (unpaired) electrons. The molecule has 0 N–H and O–H groups in total. The van der Waals surface area contributed by atoms with Crippen LogP contribution in [0.2, 0.25) is 0 Å². The number of aliphatic carboxylic acids is 1. The first-order valence-electron chi connectivity index (χ1n) is 11.1. The first kappa shape index (κ1) is 24.6. The molecule has 0 amide bonds. The molecule has 1 heterocycles. The molecule has 2 aromatic carbocycles. The summed E-state index contributed by atoms with van der Waals surface area (Å²) in [6.07, 6.45) is -0.117. The van der Waals surface area contributed by atoms with E-state index in [1.807, 2.05) is 24.3 Å². The molecule has 0 aliphatic heterocycles. The number of thiophene rings is 1. The summed E-state index contributed by atoms with van der Waals surface area (Å²) < 4.78 is 5.98. The summed E-state index contributed by atoms with van der Waals surface area (Å²) >= 11 is 1.73. The first-order valence-corrected chi connectivity index (χ1v) is 12.1. The summed E-state index contributed by atoms with van der Waals surface area (Å²) in [5.74, 6) is 4.99. The smallest absolute Gasteiger partial charge is 0.119 e. The molecule has 0 fully saturated rings. The quantitative estimate of drug-likeness (QED) is 0.379. The van der Waals surface area contributed by atoms with Gasteiger partial charge in [-0.15, -0.1) is 5.92 Å². The molecule has 172 valence electrons. The van der Waals surface area contributed by atoms with Crippen molar-refractivity contribution in [2.75, 3.05) is 0 Å². The van der Waals surface area contributed by atoms with Crippen LogP contribution >= 0.6 is 11.3 Å². The minimum Gasteiger partial charge on any atom is -0.550 e. The fourth-order valence-corrected chi connectivity index (χ4v) is 4.31. The van der Waals surface area contributed by atoms with Crippen LogP contribution in [0.4, 0.5) is 0 Å². The maximum atomic E-state index is 11.0. The monoisotopic (exact) mass is 460 g/mol. The van der Waals surface area contributed by atoms with Gasteiger partial charge in [-0.05, 0) is 72.0 Å². The zero-order chi connectivity index (χ0) is 23.6. The summed E-state index contributed by atoms with van der Waals surface area (Å²) in [7, 11) is 0. The van der Waals surface area contributed by atoms with E-state index in [1.165, 1.54) is 11.1 Å². The number of rotatable bonds is 11. The lowest BCUT2D eigenvalue weighted by Crippen LogP contribution is -2.29. The number of carbonyl (C=O) groups excluding carboxylic acids is 1. The highest BCUT2D eigenvalue weighted by molar-refractivity contribution is 7.07. The lowest BCUT2D eigenvalue weighted by Gasteiger charge is -2.26. The number of hydrogen-bond donors (Lipinski definition) is 0. The van der Waals surface area contributed by atoms with Crippen LogP contribution in [-0.4, -0.2) is 16.9 Å². The van der Waals surface area contributed by atoms with Gasteiger partial charge < -0.3 is 14.6 Å². The van der Waals surface area contributed by atoms with E-state index in [-0.39, 0.29) is 12.3 Å². The SMILES string of the molecule is CC#C[C@@H](CC(=O)[O-])c1ccc(OCc2cccc(CN(Cc3ccsc3)C(C)C)c2)cc1. The summed E-state index contributed by atoms with van der Waals surface area (Å²) in [5, 5.41) is 15.3. The molecule has 0 spiro atoms. The molecule has 4 nitrogen and oxygen atoms in total. The second kappa shape index (κ2) is 12.2. The van der Waals surface area contributed by atoms with Crippen molar-refractivity contribution < 1.29 is 14.6 Å². The maximum absolute atomic E-state index is 11.0. The van der Waals surface area contributed by atoms with Gasteiger partial charge in [-0.2, -0.15) is 11.3 Å². The fourth-order valence-electron chi connectivity index (χ4n) is 3.65. The Hall–Kier alpha value is -3.07. The third-order valence-electron chi connectivity index (χ3n) is 5.45. The van der Waals surface area contributed by atoms with Crippen LogP contribution in [-0.2, 0) is 24.5 Å². The first-order chi connectivity index (χ1) is 15.9. The predicted octanol–water partition coefficient (Wildman–Crippen LogP) is 4.98. The second-order valence-corrected chi connectivity index (χ2v) is 9.11. The van der Waals surface area contributed by atoms with Crippen LogP contribution in [0.15, 0.2) is 65.4 Å². The van der Waals surface area contributed by atoms with Gasteiger partial charge in [0.2, 0.25) is 0 Å². The number of hydrogen-bond acceptors (Lipinski definition) is 5. The highest BCUT2D eigenvalue weighted by Gasteiger charge is 2.12. The summed E-state index contributed by atoms with van der Waals surface area (Å²) in [6, 6.07) is 18.6. The average Bonchev–Trinajstić information content (AvgIpc) is 3.30. The number of carboxylic acids is 1. The van der Waals surface area contributed by atoms with Crippen LogP contribution in [0.1, 0.15) is 55.4 Å². The molecule has 0 bridgehead atoms. The Balaban J connectivity index is 1.61. The zero-order valence-corrected chi connectivity index (χ0v) is 20.2. The van der Waals surface area contributed by atoms with Gasteiger partial charge in [0, 0.05) is 31.5 Å². The van der Waals surface area contributed by atoms with Gasteiger partial charge in [0.05, 0.1) is 5.92 Å². The molecule has 0 unspecified atom stereocenters. The molecule has 33 heavy (non-hydrogen) atoms. The molecule has 3 aromatic rings. The standard InChI is InChI=1S/C28H31NO3S/c1-4-6-26(16-28(30)31)25-9-11-27(12-10-25)32-19-23-8-5-7-22(15-23)17-29(21(2)3)18-24-13-14-33-20-24/h5,7-15,20-21,26H,16-19H2,1-3H3,(H,30,31)/p-1/t26-/m0/s1. The van der Waals surface area contributed by atoms with Gasteiger partial charge in [0.25, 0.3) is 0 Å². The number of benzene rings is 2. The molecule has 0 aliphatic rings. The van der Waals surface area contributed by atoms with Crippen molar-refractivity contribution in [3.8, 4) is 17.6 Å². The molecule has 3 rings (SSSR count). The second-order valence-electron chi connectivity index (χ2n) is 8.33. The van der Waals surface area contributed by atoms with Crippen LogP contribution in [0.3, 0.4) is 0 Å². The average molecular weight is 461 g/mol. The van der Waals surface area contributed by atoms with E-state index < -0.39 is 5.97 Å². The number of nitrogens with zero attached hydrogens (tertiary/aromatic N) is 1. The largest absolute Gasteiger partial charge is 0.550 e. The molecular formula is C28H30NO3S-. The van der Waals surface area contributed by atoms with Gasteiger partial charge >= 0.3 is 0 Å². The van der Waals surface area contributed by atoms with Crippen molar-refractivity contribution in [3.05, 3.63) is 87.6 Å². The van der Waals surface area contributed by atoms with Crippen molar-refractivity contribution >= 4 is 17.3 Å². The van der Waals surface area contributed by atoms with Crippen LogP contribution in [0, 0.1) is 11.8 Å². The zero-order valence-electron chi connectivity index (χ0n) is 19.4. The van der Waals surface area contributed by atoms with Gasteiger partial charge in [0.1, 0.15) is 12.4 Å². The number of carboxylic acid groups (broad SMARTS) is 1. The lowest BCUT2D eigenvalue weighted by molar-refractivity contribution is -0.305. The Morgan fingerprint density at radius 1 is 1.06 bits per heavy atom. The van der Waals surface area contributed by atoms with Gasteiger partial charge in [0.15, 0.2) is 0 Å². The van der Waals surface area contributed by atoms with E-state index >= 15 is 0 Å². The Morgan fingerprint density at radius 2 is 1.79 bits per heavy atom. The van der Waals surface area contributed by atoms with Gasteiger partial charge in [-0.25, -0.2) is 0 Å². The molecule has 5 heteroatoms. The number of carbonyl (C=O) groups is 1. The minimum absolute atomic E-state index is 0.117. The lowest BCUT2D eigenvalue weighted by atomic mass is 9.96. The van der Waals surface area contributed by atoms with Crippen molar-refractivity contribution in [3.63, 3.8) is 0 Å². The van der Waals surface area contributed by atoms with E-state index in [0.29, 0.717) is 12.6 Å². The van der Waals surface area contributed by atoms with Crippen molar-refractivity contribution in [2.24, 2.45) is 0 Å². The van der Waals surface area contributed by atoms with E-state index in [0.717, 1.165) is 30.0 Å². The molecule has 1 aromatic heterocycles. The minimum atomic E-state index is -1.10. The summed E-state index contributed by atoms with van der Waals surface area (Å²) in [4.78, 5) is 13.4. The predicted molar refractivity (Wildman–Crippen MR) is 132 cm³/mol. The summed E-state index contributed by atoms with van der Waals surface area (Å²) in [5.41, 5.74) is 4.58.